The summed E-state index contributed by atoms with van der Waals surface area (Å²) in [6.45, 7) is 1.50. The van der Waals surface area contributed by atoms with Crippen LogP contribution in [0.2, 0.25) is 0 Å². The molecule has 3 aromatic rings. The molecule has 4 rings (SSSR count). The molecule has 0 unspecified atom stereocenters. The summed E-state index contributed by atoms with van der Waals surface area (Å²) in [5.41, 5.74) is 1.52. The van der Waals surface area contributed by atoms with Gasteiger partial charge in [0.25, 0.3) is 0 Å². The molecule has 134 valence electrons. The Morgan fingerprint density at radius 2 is 2.12 bits per heavy atom. The number of amides is 1. The number of nitrogens with one attached hydrogen (secondary N) is 1. The second-order valence-electron chi connectivity index (χ2n) is 6.43. The number of rotatable bonds is 6. The molecule has 1 aliphatic rings. The Bertz CT molecular complexity index is 924. The zero-order chi connectivity index (χ0) is 17.9. The van der Waals surface area contributed by atoms with Gasteiger partial charge in [-0.15, -0.1) is 11.3 Å². The van der Waals surface area contributed by atoms with E-state index in [9.17, 15) is 9.59 Å². The fourth-order valence-corrected chi connectivity index (χ4v) is 4.02. The van der Waals surface area contributed by atoms with Crippen LogP contribution < -0.4 is 5.32 Å². The SMILES string of the molecule is O=C(Cn1cc(C(=O)c2cccs2)c2ccccc21)NC[C@@H]1CCCO1. The molecule has 0 bridgehead atoms. The van der Waals surface area contributed by atoms with Crippen LogP contribution in [-0.2, 0) is 16.1 Å². The van der Waals surface area contributed by atoms with Gasteiger partial charge in [-0.05, 0) is 30.4 Å². The fraction of sp³-hybridized carbons (Fsp3) is 0.300. The van der Waals surface area contributed by atoms with Crippen molar-refractivity contribution in [3.8, 4) is 0 Å². The first-order valence-corrected chi connectivity index (χ1v) is 9.65. The quantitative estimate of drug-likeness (QED) is 0.680. The van der Waals surface area contributed by atoms with Crippen molar-refractivity contribution < 1.29 is 14.3 Å². The molecule has 0 aliphatic carbocycles. The minimum Gasteiger partial charge on any atom is -0.376 e. The average Bonchev–Trinajstić information content (AvgIpc) is 3.41. The second kappa shape index (κ2) is 7.43. The molecule has 0 spiro atoms. The van der Waals surface area contributed by atoms with Gasteiger partial charge >= 0.3 is 0 Å². The lowest BCUT2D eigenvalue weighted by molar-refractivity contribution is -0.122. The number of ether oxygens (including phenoxy) is 1. The Labute approximate surface area is 155 Å². The third kappa shape index (κ3) is 3.43. The van der Waals surface area contributed by atoms with Gasteiger partial charge in [-0.1, -0.05) is 24.3 Å². The molecule has 26 heavy (non-hydrogen) atoms. The first-order valence-electron chi connectivity index (χ1n) is 8.77. The lowest BCUT2D eigenvalue weighted by Crippen LogP contribution is -2.34. The topological polar surface area (TPSA) is 60.3 Å². The van der Waals surface area contributed by atoms with Gasteiger partial charge in [0.15, 0.2) is 0 Å². The van der Waals surface area contributed by atoms with E-state index in [1.54, 1.807) is 6.20 Å². The molecular weight excluding hydrogens is 348 g/mol. The Balaban J connectivity index is 1.55. The van der Waals surface area contributed by atoms with E-state index < -0.39 is 0 Å². The Morgan fingerprint density at radius 3 is 2.88 bits per heavy atom. The summed E-state index contributed by atoms with van der Waals surface area (Å²) in [7, 11) is 0. The van der Waals surface area contributed by atoms with Crippen LogP contribution in [0.5, 0.6) is 0 Å². The smallest absolute Gasteiger partial charge is 0.240 e. The molecule has 1 aromatic carbocycles. The van der Waals surface area contributed by atoms with Crippen molar-refractivity contribution in [1.29, 1.82) is 0 Å². The molecule has 6 heteroatoms. The molecule has 1 saturated heterocycles. The number of aromatic nitrogens is 1. The molecule has 0 radical (unpaired) electrons. The van der Waals surface area contributed by atoms with Crippen LogP contribution in [0.3, 0.4) is 0 Å². The number of nitrogens with zero attached hydrogens (tertiary/aromatic N) is 1. The molecule has 1 aliphatic heterocycles. The lowest BCUT2D eigenvalue weighted by atomic mass is 10.1. The maximum Gasteiger partial charge on any atom is 0.240 e. The Kier molecular flexibility index (Phi) is 4.86. The van der Waals surface area contributed by atoms with Gasteiger partial charge in [0.2, 0.25) is 11.7 Å². The van der Waals surface area contributed by atoms with Gasteiger partial charge in [-0.25, -0.2) is 0 Å². The number of para-hydroxylation sites is 1. The van der Waals surface area contributed by atoms with E-state index in [-0.39, 0.29) is 24.3 Å². The zero-order valence-corrected chi connectivity index (χ0v) is 15.1. The zero-order valence-electron chi connectivity index (χ0n) is 14.3. The van der Waals surface area contributed by atoms with E-state index >= 15 is 0 Å². The van der Waals surface area contributed by atoms with Crippen LogP contribution in [0.1, 0.15) is 28.1 Å². The molecule has 5 nitrogen and oxygen atoms in total. The summed E-state index contributed by atoms with van der Waals surface area (Å²) >= 11 is 1.43. The van der Waals surface area contributed by atoms with Crippen molar-refractivity contribution in [1.82, 2.24) is 9.88 Å². The summed E-state index contributed by atoms with van der Waals surface area (Å²) in [6.07, 6.45) is 3.96. The summed E-state index contributed by atoms with van der Waals surface area (Å²) < 4.78 is 7.38. The van der Waals surface area contributed by atoms with Gasteiger partial charge in [0, 0.05) is 35.8 Å². The second-order valence-corrected chi connectivity index (χ2v) is 7.38. The van der Waals surface area contributed by atoms with Gasteiger partial charge < -0.3 is 14.6 Å². The third-order valence-electron chi connectivity index (χ3n) is 4.64. The van der Waals surface area contributed by atoms with Crippen LogP contribution >= 0.6 is 11.3 Å². The normalized spacial score (nSPS) is 16.8. The predicted octanol–water partition coefficient (Wildman–Crippen LogP) is 3.23. The molecule has 0 saturated carbocycles. The van der Waals surface area contributed by atoms with Crippen LogP contribution in [-0.4, -0.2) is 35.5 Å². The summed E-state index contributed by atoms with van der Waals surface area (Å²) in [5.74, 6) is -0.0777. The number of hydrogen-bond acceptors (Lipinski definition) is 4. The molecule has 1 fully saturated rings. The van der Waals surface area contributed by atoms with Gasteiger partial charge in [0.05, 0.1) is 11.0 Å². The van der Waals surface area contributed by atoms with E-state index in [1.165, 1.54) is 11.3 Å². The van der Waals surface area contributed by atoms with E-state index in [4.69, 9.17) is 4.74 Å². The van der Waals surface area contributed by atoms with Crippen LogP contribution in [0, 0.1) is 0 Å². The van der Waals surface area contributed by atoms with Crippen LogP contribution in [0.4, 0.5) is 0 Å². The number of hydrogen-bond donors (Lipinski definition) is 1. The number of thiophene rings is 1. The monoisotopic (exact) mass is 368 g/mol. The highest BCUT2D eigenvalue weighted by molar-refractivity contribution is 7.12. The molecule has 2 aromatic heterocycles. The standard InChI is InChI=1S/C20H20N2O3S/c23-19(21-11-14-5-3-9-25-14)13-22-12-16(15-6-1-2-7-17(15)22)20(24)18-8-4-10-26-18/h1-2,4,6-8,10,12,14H,3,5,9,11,13H2,(H,21,23)/t14-/m0/s1. The third-order valence-corrected chi connectivity index (χ3v) is 5.51. The van der Waals surface area contributed by atoms with Crippen molar-refractivity contribution in [3.63, 3.8) is 0 Å². The number of fused-ring (bicyclic) bond motifs is 1. The minimum atomic E-state index is -0.0728. The molecule has 1 N–H and O–H groups in total. The Morgan fingerprint density at radius 1 is 1.23 bits per heavy atom. The predicted molar refractivity (Wildman–Crippen MR) is 102 cm³/mol. The van der Waals surface area contributed by atoms with Crippen LogP contribution in [0.25, 0.3) is 10.9 Å². The first-order chi connectivity index (χ1) is 12.7. The van der Waals surface area contributed by atoms with E-state index in [1.807, 2.05) is 46.3 Å². The van der Waals surface area contributed by atoms with Crippen LogP contribution in [0.15, 0.2) is 48.0 Å². The largest absolute Gasteiger partial charge is 0.376 e. The van der Waals surface area contributed by atoms with Gasteiger partial charge in [-0.2, -0.15) is 0 Å². The number of ketones is 1. The van der Waals surface area contributed by atoms with Crippen molar-refractivity contribution in [2.24, 2.45) is 0 Å². The fourth-order valence-electron chi connectivity index (χ4n) is 3.34. The maximum absolute atomic E-state index is 12.8. The van der Waals surface area contributed by atoms with E-state index in [0.29, 0.717) is 17.0 Å². The summed E-state index contributed by atoms with van der Waals surface area (Å²) in [4.78, 5) is 25.9. The highest BCUT2D eigenvalue weighted by Gasteiger charge is 2.19. The highest BCUT2D eigenvalue weighted by Crippen LogP contribution is 2.25. The highest BCUT2D eigenvalue weighted by atomic mass is 32.1. The lowest BCUT2D eigenvalue weighted by Gasteiger charge is -2.11. The molecule has 1 atom stereocenters. The van der Waals surface area contributed by atoms with Crippen molar-refractivity contribution in [3.05, 3.63) is 58.4 Å². The number of carbonyl (C=O) groups is 2. The minimum absolute atomic E-state index is 0.00489. The summed E-state index contributed by atoms with van der Waals surface area (Å²) in [6, 6.07) is 11.4. The number of benzene rings is 1. The van der Waals surface area contributed by atoms with Crippen molar-refractivity contribution >= 4 is 33.9 Å². The summed E-state index contributed by atoms with van der Waals surface area (Å²) in [5, 5.41) is 5.70. The molecular formula is C20H20N2O3S. The van der Waals surface area contributed by atoms with Crippen molar-refractivity contribution in [2.75, 3.05) is 13.2 Å². The first kappa shape index (κ1) is 17.0. The van der Waals surface area contributed by atoms with Gasteiger partial charge in [0.1, 0.15) is 6.54 Å². The van der Waals surface area contributed by atoms with E-state index in [0.717, 1.165) is 30.4 Å². The van der Waals surface area contributed by atoms with E-state index in [2.05, 4.69) is 5.32 Å². The Hall–Kier alpha value is -2.44. The van der Waals surface area contributed by atoms with Gasteiger partial charge in [-0.3, -0.25) is 9.59 Å². The van der Waals surface area contributed by atoms with Crippen molar-refractivity contribution in [2.45, 2.75) is 25.5 Å². The molecule has 3 heterocycles. The number of carbonyl (C=O) groups excluding carboxylic acids is 2. The molecule has 1 amide bonds. The average molecular weight is 368 g/mol. The maximum atomic E-state index is 12.8.